The van der Waals surface area contributed by atoms with Gasteiger partial charge in [-0.2, -0.15) is 0 Å². The number of nitrogens with one attached hydrogen (secondary N) is 1. The van der Waals surface area contributed by atoms with Crippen LogP contribution in [0.4, 0.5) is 0 Å². The van der Waals surface area contributed by atoms with Crippen LogP contribution in [-0.2, 0) is 18.4 Å². The van der Waals surface area contributed by atoms with Crippen molar-refractivity contribution in [2.75, 3.05) is 40.9 Å². The molecule has 0 aromatic heterocycles. The number of aliphatic hydroxyl groups is 1. The molecule has 420 valence electrons. The van der Waals surface area contributed by atoms with Crippen molar-refractivity contribution in [2.45, 2.75) is 315 Å². The molecular weight excluding hydrogens is 900 g/mol. The van der Waals surface area contributed by atoms with E-state index in [1.165, 1.54) is 238 Å². The van der Waals surface area contributed by atoms with Gasteiger partial charge in [0, 0.05) is 6.42 Å². The van der Waals surface area contributed by atoms with Crippen LogP contribution in [0, 0.1) is 0 Å². The Morgan fingerprint density at radius 1 is 0.493 bits per heavy atom. The van der Waals surface area contributed by atoms with E-state index in [0.717, 1.165) is 44.9 Å². The number of aliphatic hydroxyl groups excluding tert-OH is 1. The van der Waals surface area contributed by atoms with Crippen molar-refractivity contribution in [3.8, 4) is 0 Å². The van der Waals surface area contributed by atoms with Crippen LogP contribution in [0.15, 0.2) is 36.5 Å². The van der Waals surface area contributed by atoms with Crippen LogP contribution in [0.1, 0.15) is 303 Å². The second-order valence-electron chi connectivity index (χ2n) is 22.4. The first-order valence-corrected chi connectivity index (χ1v) is 32.3. The summed E-state index contributed by atoms with van der Waals surface area (Å²) in [5, 5.41) is 13.8. The van der Waals surface area contributed by atoms with Gasteiger partial charge in [-0.25, -0.2) is 0 Å². The summed E-state index contributed by atoms with van der Waals surface area (Å²) < 4.78 is 23.3. The highest BCUT2D eigenvalue weighted by atomic mass is 31.2. The molecule has 0 fully saturated rings. The van der Waals surface area contributed by atoms with Gasteiger partial charge < -0.3 is 28.8 Å². The lowest BCUT2D eigenvalue weighted by atomic mass is 10.0. The first-order chi connectivity index (χ1) is 34.5. The quantitative estimate of drug-likeness (QED) is 0.0272. The summed E-state index contributed by atoms with van der Waals surface area (Å²) in [7, 11) is 1.27. The molecule has 0 heterocycles. The van der Waals surface area contributed by atoms with Crippen LogP contribution in [0.25, 0.3) is 0 Å². The molecule has 0 aliphatic heterocycles. The maximum absolute atomic E-state index is 12.9. The average molecular weight is 1020 g/mol. The highest BCUT2D eigenvalue weighted by Gasteiger charge is 2.23. The molecule has 0 aromatic rings. The molecule has 8 nitrogen and oxygen atoms in total. The van der Waals surface area contributed by atoms with Crippen molar-refractivity contribution in [1.82, 2.24) is 5.32 Å². The van der Waals surface area contributed by atoms with E-state index in [4.69, 9.17) is 9.05 Å². The number of hydrogen-bond donors (Lipinski definition) is 2. The summed E-state index contributed by atoms with van der Waals surface area (Å²) in [5.41, 5.74) is 0. The van der Waals surface area contributed by atoms with E-state index in [1.807, 2.05) is 27.2 Å². The normalized spacial score (nSPS) is 14.1. The predicted octanol–water partition coefficient (Wildman–Crippen LogP) is 18.3. The molecule has 1 amide bonds. The number of hydrogen-bond acceptors (Lipinski definition) is 6. The minimum Gasteiger partial charge on any atom is -0.756 e. The second-order valence-corrected chi connectivity index (χ2v) is 23.8. The number of phosphoric ester groups is 1. The molecule has 0 saturated carbocycles. The zero-order valence-electron chi connectivity index (χ0n) is 47.9. The molecule has 0 spiro atoms. The van der Waals surface area contributed by atoms with Crippen molar-refractivity contribution in [2.24, 2.45) is 0 Å². The number of unbranched alkanes of at least 4 members (excludes halogenated alkanes) is 40. The largest absolute Gasteiger partial charge is 0.756 e. The fraction of sp³-hybridized carbons (Fsp3) is 0.887. The van der Waals surface area contributed by atoms with Crippen LogP contribution in [0.2, 0.25) is 0 Å². The molecule has 3 atom stereocenters. The number of amides is 1. The highest BCUT2D eigenvalue weighted by molar-refractivity contribution is 7.45. The molecule has 0 radical (unpaired) electrons. The summed E-state index contributed by atoms with van der Waals surface area (Å²) in [5.74, 6) is -0.193. The smallest absolute Gasteiger partial charge is 0.268 e. The Kier molecular flexibility index (Phi) is 52.6. The van der Waals surface area contributed by atoms with Gasteiger partial charge in [-0.1, -0.05) is 281 Å². The zero-order chi connectivity index (χ0) is 52.0. The molecule has 71 heavy (non-hydrogen) atoms. The number of allylic oxidation sites excluding steroid dienone is 5. The number of phosphoric acid groups is 1. The number of quaternary nitrogens is 1. The summed E-state index contributed by atoms with van der Waals surface area (Å²) in [4.78, 5) is 25.4. The van der Waals surface area contributed by atoms with Crippen molar-refractivity contribution >= 4 is 13.7 Å². The molecule has 2 N–H and O–H groups in total. The molecule has 0 aliphatic carbocycles. The third kappa shape index (κ3) is 56.3. The van der Waals surface area contributed by atoms with E-state index in [-0.39, 0.29) is 19.1 Å². The molecule has 0 rings (SSSR count). The third-order valence-electron chi connectivity index (χ3n) is 14.1. The standard InChI is InChI=1S/C62H121N2O6P/c1-6-8-10-12-14-16-18-20-21-22-23-24-25-26-27-28-29-30-31-32-33-34-35-36-37-38-39-40-41-42-43-44-46-48-50-52-54-56-62(66)63-60(59-70-71(67,68)69-58-57-64(3,4)5)61(65)55-53-51-49-47-45-19-17-15-13-11-9-7-2/h18,20,22-23,53,55,60-61,65H,6-17,19,21,24-52,54,56-59H2,1-5H3,(H-,63,66,67,68)/b20-18-,23-22-,55-53+. The fourth-order valence-corrected chi connectivity index (χ4v) is 9.97. The fourth-order valence-electron chi connectivity index (χ4n) is 9.25. The molecule has 0 aromatic carbocycles. The van der Waals surface area contributed by atoms with Crippen LogP contribution < -0.4 is 10.2 Å². The Balaban J connectivity index is 3.88. The first-order valence-electron chi connectivity index (χ1n) is 30.9. The SMILES string of the molecule is CCCCCCC/C=C\C/C=C\CCCCCCCCCCCCCCCCCCCCCCCCCCCC(=O)NC(COP(=O)([O-])OCC[N+](C)(C)C)C(O)/C=C/CCCCCCCCCCCC. The van der Waals surface area contributed by atoms with Crippen molar-refractivity contribution in [3.63, 3.8) is 0 Å². The van der Waals surface area contributed by atoms with Gasteiger partial charge in [0.15, 0.2) is 0 Å². The molecule has 0 saturated heterocycles. The van der Waals surface area contributed by atoms with Crippen LogP contribution in [0.5, 0.6) is 0 Å². The number of likely N-dealkylation sites (N-methyl/N-ethyl adjacent to an activating group) is 1. The lowest BCUT2D eigenvalue weighted by Crippen LogP contribution is -2.45. The lowest BCUT2D eigenvalue weighted by molar-refractivity contribution is -0.870. The van der Waals surface area contributed by atoms with Crippen molar-refractivity contribution < 1.29 is 32.9 Å². The van der Waals surface area contributed by atoms with Gasteiger partial charge in [0.2, 0.25) is 5.91 Å². The second kappa shape index (κ2) is 53.5. The summed E-state index contributed by atoms with van der Waals surface area (Å²) in [6.45, 7) is 4.65. The van der Waals surface area contributed by atoms with Crippen molar-refractivity contribution in [3.05, 3.63) is 36.5 Å². The Bertz CT molecular complexity index is 1250. The minimum atomic E-state index is -4.59. The highest BCUT2D eigenvalue weighted by Crippen LogP contribution is 2.38. The van der Waals surface area contributed by atoms with Gasteiger partial charge in [-0.3, -0.25) is 9.36 Å². The average Bonchev–Trinajstić information content (AvgIpc) is 3.33. The minimum absolute atomic E-state index is 0.000978. The maximum atomic E-state index is 12.9. The van der Waals surface area contributed by atoms with Gasteiger partial charge in [-0.05, 0) is 51.4 Å². The number of rotatable bonds is 57. The van der Waals surface area contributed by atoms with Crippen LogP contribution >= 0.6 is 7.82 Å². The van der Waals surface area contributed by atoms with Gasteiger partial charge in [-0.15, -0.1) is 0 Å². The van der Waals surface area contributed by atoms with E-state index < -0.39 is 20.0 Å². The molecule has 0 aliphatic rings. The summed E-state index contributed by atoms with van der Waals surface area (Å²) in [6, 6.07) is -0.883. The molecule has 3 unspecified atom stereocenters. The Hall–Kier alpha value is -1.28. The third-order valence-corrected chi connectivity index (χ3v) is 15.1. The van der Waals surface area contributed by atoms with Gasteiger partial charge in [0.1, 0.15) is 13.2 Å². The lowest BCUT2D eigenvalue weighted by Gasteiger charge is -2.29. The van der Waals surface area contributed by atoms with E-state index in [2.05, 4.69) is 43.5 Å². The topological polar surface area (TPSA) is 108 Å². The van der Waals surface area contributed by atoms with Gasteiger partial charge >= 0.3 is 0 Å². The van der Waals surface area contributed by atoms with E-state index >= 15 is 0 Å². The Morgan fingerprint density at radius 2 is 0.817 bits per heavy atom. The summed E-state index contributed by atoms with van der Waals surface area (Å²) >= 11 is 0. The van der Waals surface area contributed by atoms with Crippen molar-refractivity contribution in [1.29, 1.82) is 0 Å². The Labute approximate surface area is 442 Å². The van der Waals surface area contributed by atoms with Gasteiger partial charge in [0.05, 0.1) is 39.9 Å². The zero-order valence-corrected chi connectivity index (χ0v) is 48.8. The molecule has 9 heteroatoms. The van der Waals surface area contributed by atoms with Crippen LogP contribution in [0.3, 0.4) is 0 Å². The van der Waals surface area contributed by atoms with E-state index in [9.17, 15) is 19.4 Å². The summed E-state index contributed by atoms with van der Waals surface area (Å²) in [6.07, 6.45) is 69.7. The monoisotopic (exact) mass is 1020 g/mol. The molecule has 0 bridgehead atoms. The maximum Gasteiger partial charge on any atom is 0.268 e. The van der Waals surface area contributed by atoms with E-state index in [1.54, 1.807) is 6.08 Å². The number of carbonyl (C=O) groups is 1. The van der Waals surface area contributed by atoms with Crippen LogP contribution in [-0.4, -0.2) is 68.5 Å². The molecular formula is C62H121N2O6P. The first kappa shape index (κ1) is 69.7. The Morgan fingerprint density at radius 3 is 1.17 bits per heavy atom. The van der Waals surface area contributed by atoms with E-state index in [0.29, 0.717) is 17.4 Å². The van der Waals surface area contributed by atoms with Gasteiger partial charge in [0.25, 0.3) is 7.82 Å². The predicted molar refractivity (Wildman–Crippen MR) is 307 cm³/mol. The number of nitrogens with zero attached hydrogens (tertiary/aromatic N) is 1. The number of carbonyl (C=O) groups excluding carboxylic acids is 1.